The number of hydrogen-bond acceptors (Lipinski definition) is 3. The lowest BCUT2D eigenvalue weighted by atomic mass is 10.0. The van der Waals surface area contributed by atoms with Crippen molar-refractivity contribution < 1.29 is 4.42 Å². The number of hydrogen-bond donors (Lipinski definition) is 1. The van der Waals surface area contributed by atoms with Gasteiger partial charge in [-0.05, 0) is 68.0 Å². The first-order valence-corrected chi connectivity index (χ1v) is 10.1. The Hall–Kier alpha value is -2.18. The second-order valence-corrected chi connectivity index (χ2v) is 7.84. The van der Waals surface area contributed by atoms with E-state index in [1.165, 1.54) is 5.56 Å². The van der Waals surface area contributed by atoms with E-state index in [0.717, 1.165) is 38.9 Å². The zero-order chi connectivity index (χ0) is 19.0. The average Bonchev–Trinajstić information content (AvgIpc) is 3.26. The van der Waals surface area contributed by atoms with Crippen LogP contribution in [0.3, 0.4) is 0 Å². The van der Waals surface area contributed by atoms with Crippen molar-refractivity contribution in [3.05, 3.63) is 76.2 Å². The van der Waals surface area contributed by atoms with Gasteiger partial charge >= 0.3 is 0 Å². The average molecular weight is 442 g/mol. The molecule has 0 saturated carbocycles. The molecule has 6 heteroatoms. The fourth-order valence-electron chi connectivity index (χ4n) is 3.53. The summed E-state index contributed by atoms with van der Waals surface area (Å²) in [6.45, 7) is 4.97. The monoisotopic (exact) mass is 441 g/mol. The third-order valence-electron chi connectivity index (χ3n) is 4.85. The molecule has 4 nitrogen and oxygen atoms in total. The van der Waals surface area contributed by atoms with E-state index in [1.54, 1.807) is 0 Å². The third-order valence-corrected chi connectivity index (χ3v) is 5.86. The van der Waals surface area contributed by atoms with Crippen LogP contribution in [0.5, 0.6) is 0 Å². The maximum atomic E-state index is 6.31. The number of aryl methyl sites for hydroxylation is 1. The Kier molecular flexibility index (Phi) is 5.02. The fraction of sp³-hybridized carbons (Fsp3) is 0.238. The minimum atomic E-state index is -0.0425. The van der Waals surface area contributed by atoms with Crippen molar-refractivity contribution in [2.24, 2.45) is 0 Å². The zero-order valence-electron chi connectivity index (χ0n) is 15.1. The number of pyridine rings is 1. The van der Waals surface area contributed by atoms with E-state index in [9.17, 15) is 0 Å². The summed E-state index contributed by atoms with van der Waals surface area (Å²) in [7, 11) is 0. The number of halogens is 1. The number of rotatable bonds is 4. The van der Waals surface area contributed by atoms with Crippen LogP contribution >= 0.6 is 28.1 Å². The van der Waals surface area contributed by atoms with Crippen molar-refractivity contribution in [2.75, 3.05) is 6.54 Å². The van der Waals surface area contributed by atoms with Gasteiger partial charge in [0.1, 0.15) is 17.6 Å². The molecule has 27 heavy (non-hydrogen) atoms. The highest BCUT2D eigenvalue weighted by Gasteiger charge is 2.40. The van der Waals surface area contributed by atoms with Gasteiger partial charge in [-0.1, -0.05) is 28.1 Å². The van der Waals surface area contributed by atoms with Crippen LogP contribution in [0.4, 0.5) is 0 Å². The van der Waals surface area contributed by atoms with Crippen LogP contribution in [0, 0.1) is 6.92 Å². The van der Waals surface area contributed by atoms with Crippen LogP contribution in [0.2, 0.25) is 0 Å². The van der Waals surface area contributed by atoms with Gasteiger partial charge in [-0.25, -0.2) is 0 Å². The topological polar surface area (TPSA) is 41.3 Å². The molecule has 1 saturated heterocycles. The summed E-state index contributed by atoms with van der Waals surface area (Å²) in [5.41, 5.74) is 3.20. The van der Waals surface area contributed by atoms with Crippen LogP contribution in [-0.4, -0.2) is 21.5 Å². The van der Waals surface area contributed by atoms with Gasteiger partial charge in [-0.3, -0.25) is 4.98 Å². The number of thiocarbonyl (C=S) groups is 1. The van der Waals surface area contributed by atoms with E-state index in [1.807, 2.05) is 36.5 Å². The standard InChI is InChI=1S/C21H20BrN3OS/c1-3-25-20(19(24-21(25)27)16-6-4-5-11-23-16)18-10-9-17(26-18)14-8-7-13(2)12-15(14)22/h4-12,19-20H,3H2,1-2H3,(H,24,27)/t19-,20-/m1/s1. The first kappa shape index (κ1) is 18.2. The summed E-state index contributed by atoms with van der Waals surface area (Å²) in [4.78, 5) is 6.68. The van der Waals surface area contributed by atoms with Crippen LogP contribution in [-0.2, 0) is 0 Å². The molecule has 138 valence electrons. The van der Waals surface area contributed by atoms with Crippen LogP contribution in [0.1, 0.15) is 36.0 Å². The fourth-order valence-corrected chi connectivity index (χ4v) is 4.59. The number of aromatic nitrogens is 1. The number of furan rings is 1. The van der Waals surface area contributed by atoms with Gasteiger partial charge in [0.15, 0.2) is 5.11 Å². The maximum absolute atomic E-state index is 6.31. The lowest BCUT2D eigenvalue weighted by Gasteiger charge is -2.24. The van der Waals surface area contributed by atoms with Crippen molar-refractivity contribution in [3.8, 4) is 11.3 Å². The smallest absolute Gasteiger partial charge is 0.170 e. The minimum Gasteiger partial charge on any atom is -0.459 e. The molecular weight excluding hydrogens is 422 g/mol. The summed E-state index contributed by atoms with van der Waals surface area (Å²) >= 11 is 9.21. The van der Waals surface area contributed by atoms with Gasteiger partial charge < -0.3 is 14.6 Å². The Morgan fingerprint density at radius 1 is 1.22 bits per heavy atom. The van der Waals surface area contributed by atoms with Crippen LogP contribution < -0.4 is 5.32 Å². The summed E-state index contributed by atoms with van der Waals surface area (Å²) in [5.74, 6) is 1.72. The number of likely N-dealkylation sites (N-methyl/N-ethyl adjacent to an activating group) is 1. The molecule has 0 spiro atoms. The molecule has 0 unspecified atom stereocenters. The van der Waals surface area contributed by atoms with E-state index in [-0.39, 0.29) is 12.1 Å². The second kappa shape index (κ2) is 7.44. The summed E-state index contributed by atoms with van der Waals surface area (Å²) < 4.78 is 7.33. The lowest BCUT2D eigenvalue weighted by Crippen LogP contribution is -2.29. The van der Waals surface area contributed by atoms with Gasteiger partial charge in [0.05, 0.1) is 11.7 Å². The highest BCUT2D eigenvalue weighted by Crippen LogP contribution is 2.41. The van der Waals surface area contributed by atoms with Crippen molar-refractivity contribution in [2.45, 2.75) is 25.9 Å². The highest BCUT2D eigenvalue weighted by atomic mass is 79.9. The molecule has 1 aliphatic heterocycles. The van der Waals surface area contributed by atoms with Crippen LogP contribution in [0.25, 0.3) is 11.3 Å². The first-order chi connectivity index (χ1) is 13.1. The number of benzene rings is 1. The molecule has 0 amide bonds. The van der Waals surface area contributed by atoms with E-state index in [4.69, 9.17) is 16.6 Å². The van der Waals surface area contributed by atoms with Gasteiger partial charge in [-0.15, -0.1) is 0 Å². The molecule has 3 aromatic rings. The van der Waals surface area contributed by atoms with Crippen LogP contribution in [0.15, 0.2) is 63.6 Å². The molecule has 0 aliphatic carbocycles. The van der Waals surface area contributed by atoms with Gasteiger partial charge in [0.25, 0.3) is 0 Å². The van der Waals surface area contributed by atoms with Crippen molar-refractivity contribution in [1.82, 2.24) is 15.2 Å². The molecule has 3 heterocycles. The summed E-state index contributed by atoms with van der Waals surface area (Å²) in [6.07, 6.45) is 1.81. The second-order valence-electron chi connectivity index (χ2n) is 6.60. The molecule has 4 rings (SSSR count). The third kappa shape index (κ3) is 3.39. The molecule has 1 aromatic carbocycles. The predicted octanol–water partition coefficient (Wildman–Crippen LogP) is 5.40. The van der Waals surface area contributed by atoms with Gasteiger partial charge in [0, 0.05) is 22.8 Å². The van der Waals surface area contributed by atoms with E-state index >= 15 is 0 Å². The number of nitrogens with one attached hydrogen (secondary N) is 1. The van der Waals surface area contributed by atoms with E-state index in [2.05, 4.69) is 63.2 Å². The molecule has 1 aliphatic rings. The highest BCUT2D eigenvalue weighted by molar-refractivity contribution is 9.10. The Morgan fingerprint density at radius 3 is 2.78 bits per heavy atom. The molecule has 2 atom stereocenters. The van der Waals surface area contributed by atoms with Gasteiger partial charge in [-0.2, -0.15) is 0 Å². The van der Waals surface area contributed by atoms with E-state index < -0.39 is 0 Å². The Balaban J connectivity index is 1.73. The van der Waals surface area contributed by atoms with Gasteiger partial charge in [0.2, 0.25) is 0 Å². The van der Waals surface area contributed by atoms with Crippen molar-refractivity contribution in [1.29, 1.82) is 0 Å². The molecule has 2 aromatic heterocycles. The molecule has 1 fully saturated rings. The quantitative estimate of drug-likeness (QED) is 0.548. The SMILES string of the molecule is CCN1C(=S)N[C@H](c2ccccn2)[C@H]1c1ccc(-c2ccc(C)cc2Br)o1. The lowest BCUT2D eigenvalue weighted by molar-refractivity contribution is 0.284. The normalized spacial score (nSPS) is 19.4. The molecule has 1 N–H and O–H groups in total. The minimum absolute atomic E-state index is 0.0321. The first-order valence-electron chi connectivity index (χ1n) is 8.93. The largest absolute Gasteiger partial charge is 0.459 e. The maximum Gasteiger partial charge on any atom is 0.170 e. The van der Waals surface area contributed by atoms with Crippen molar-refractivity contribution >= 4 is 33.3 Å². The summed E-state index contributed by atoms with van der Waals surface area (Å²) in [5, 5.41) is 4.14. The molecular formula is C21H20BrN3OS. The summed E-state index contributed by atoms with van der Waals surface area (Å²) in [6, 6.07) is 16.2. The Labute approximate surface area is 172 Å². The number of nitrogens with zero attached hydrogens (tertiary/aromatic N) is 2. The zero-order valence-corrected chi connectivity index (χ0v) is 17.5. The Bertz CT molecular complexity index is 973. The Morgan fingerprint density at radius 2 is 2.07 bits per heavy atom. The molecule has 0 radical (unpaired) electrons. The predicted molar refractivity (Wildman–Crippen MR) is 114 cm³/mol. The van der Waals surface area contributed by atoms with Crippen molar-refractivity contribution in [3.63, 3.8) is 0 Å². The molecule has 0 bridgehead atoms. The van der Waals surface area contributed by atoms with E-state index in [0.29, 0.717) is 0 Å².